The van der Waals surface area contributed by atoms with Gasteiger partial charge in [0.2, 0.25) is 0 Å². The average molecular weight is 369 g/mol. The summed E-state index contributed by atoms with van der Waals surface area (Å²) < 4.78 is 0. The molecule has 0 aliphatic carbocycles. The molecule has 0 saturated carbocycles. The summed E-state index contributed by atoms with van der Waals surface area (Å²) in [6.07, 6.45) is 19.2. The summed E-state index contributed by atoms with van der Waals surface area (Å²) in [7, 11) is 2.06. The molecule has 26 heavy (non-hydrogen) atoms. The summed E-state index contributed by atoms with van der Waals surface area (Å²) >= 11 is 0. The number of hydrogen-bond acceptors (Lipinski definition) is 3. The predicted molar refractivity (Wildman–Crippen MR) is 119 cm³/mol. The van der Waals surface area contributed by atoms with Gasteiger partial charge in [0.05, 0.1) is 0 Å². The van der Waals surface area contributed by atoms with E-state index in [-0.39, 0.29) is 0 Å². The van der Waals surface area contributed by atoms with Crippen LogP contribution < -0.4 is 16.0 Å². The van der Waals surface area contributed by atoms with E-state index in [2.05, 4.69) is 36.8 Å². The van der Waals surface area contributed by atoms with E-state index < -0.39 is 0 Å². The third-order valence-corrected chi connectivity index (χ3v) is 5.15. The van der Waals surface area contributed by atoms with Crippen molar-refractivity contribution in [1.82, 2.24) is 16.0 Å². The van der Waals surface area contributed by atoms with Gasteiger partial charge in [-0.25, -0.2) is 0 Å². The van der Waals surface area contributed by atoms with Gasteiger partial charge in [-0.3, -0.25) is 0 Å². The fraction of sp³-hybridized carbons (Fsp3) is 0.957. The van der Waals surface area contributed by atoms with Crippen molar-refractivity contribution >= 4 is 0 Å². The Morgan fingerprint density at radius 3 is 1.58 bits per heavy atom. The van der Waals surface area contributed by atoms with Crippen molar-refractivity contribution in [1.29, 1.82) is 0 Å². The first-order valence-electron chi connectivity index (χ1n) is 11.7. The predicted octanol–water partition coefficient (Wildman–Crippen LogP) is 5.46. The van der Waals surface area contributed by atoms with Crippen molar-refractivity contribution in [3.63, 3.8) is 0 Å². The molecule has 1 radical (unpaired) electrons. The summed E-state index contributed by atoms with van der Waals surface area (Å²) in [5.74, 6) is 1.86. The largest absolute Gasteiger partial charge is 0.320 e. The Labute approximate surface area is 165 Å². The normalized spacial score (nSPS) is 11.5. The fourth-order valence-electron chi connectivity index (χ4n) is 3.49. The lowest BCUT2D eigenvalue weighted by atomic mass is 9.90. The van der Waals surface area contributed by atoms with Crippen molar-refractivity contribution in [2.45, 2.75) is 104 Å². The minimum Gasteiger partial charge on any atom is -0.320 e. The van der Waals surface area contributed by atoms with Crippen LogP contribution in [0, 0.1) is 5.92 Å². The van der Waals surface area contributed by atoms with Crippen LogP contribution in [0.3, 0.4) is 0 Å². The third-order valence-electron chi connectivity index (χ3n) is 5.15. The molecule has 0 atom stereocenters. The van der Waals surface area contributed by atoms with Crippen molar-refractivity contribution < 1.29 is 0 Å². The molecule has 0 unspecified atom stereocenters. The molecule has 157 valence electrons. The topological polar surface area (TPSA) is 36.1 Å². The Hall–Kier alpha value is -0.120. The van der Waals surface area contributed by atoms with Crippen LogP contribution in [0.25, 0.3) is 0 Å². The quantitative estimate of drug-likeness (QED) is 0.222. The second kappa shape index (κ2) is 22.9. The first-order valence-corrected chi connectivity index (χ1v) is 11.7. The van der Waals surface area contributed by atoms with Crippen LogP contribution >= 0.6 is 0 Å². The van der Waals surface area contributed by atoms with E-state index in [0.29, 0.717) is 0 Å². The van der Waals surface area contributed by atoms with Crippen LogP contribution in [-0.2, 0) is 0 Å². The highest BCUT2D eigenvalue weighted by atomic mass is 14.8. The molecule has 0 aromatic heterocycles. The first kappa shape index (κ1) is 25.9. The van der Waals surface area contributed by atoms with Gasteiger partial charge in [0.15, 0.2) is 0 Å². The highest BCUT2D eigenvalue weighted by molar-refractivity contribution is 4.89. The van der Waals surface area contributed by atoms with Crippen molar-refractivity contribution in [3.05, 3.63) is 5.92 Å². The summed E-state index contributed by atoms with van der Waals surface area (Å²) in [6.45, 7) is 10.3. The van der Waals surface area contributed by atoms with Crippen LogP contribution in [0.1, 0.15) is 104 Å². The van der Waals surface area contributed by atoms with Crippen LogP contribution in [0.15, 0.2) is 0 Å². The van der Waals surface area contributed by atoms with Gasteiger partial charge in [-0.2, -0.15) is 0 Å². The lowest BCUT2D eigenvalue weighted by molar-refractivity contribution is 0.516. The highest BCUT2D eigenvalue weighted by Crippen LogP contribution is 2.25. The summed E-state index contributed by atoms with van der Waals surface area (Å²) in [4.78, 5) is 0. The van der Waals surface area contributed by atoms with Gasteiger partial charge in [0, 0.05) is 0 Å². The van der Waals surface area contributed by atoms with Gasteiger partial charge in [0.1, 0.15) is 0 Å². The smallest absolute Gasteiger partial charge is 0.00489 e. The van der Waals surface area contributed by atoms with E-state index in [1.165, 1.54) is 116 Å². The minimum absolute atomic E-state index is 1.11. The minimum atomic E-state index is 1.11. The van der Waals surface area contributed by atoms with Gasteiger partial charge in [-0.05, 0) is 90.6 Å². The van der Waals surface area contributed by atoms with Gasteiger partial charge in [-0.1, -0.05) is 58.8 Å². The zero-order valence-corrected chi connectivity index (χ0v) is 18.4. The summed E-state index contributed by atoms with van der Waals surface area (Å²) in [5, 5.41) is 10.2. The average Bonchev–Trinajstić information content (AvgIpc) is 2.65. The van der Waals surface area contributed by atoms with E-state index in [0.717, 1.165) is 6.54 Å². The summed E-state index contributed by atoms with van der Waals surface area (Å²) in [6, 6.07) is 0. The molecule has 0 saturated heterocycles. The lowest BCUT2D eigenvalue weighted by Gasteiger charge is -2.16. The van der Waals surface area contributed by atoms with Gasteiger partial charge < -0.3 is 16.0 Å². The van der Waals surface area contributed by atoms with Gasteiger partial charge >= 0.3 is 0 Å². The second-order valence-corrected chi connectivity index (χ2v) is 7.74. The van der Waals surface area contributed by atoms with Gasteiger partial charge in [0.25, 0.3) is 0 Å². The molecule has 0 bridgehead atoms. The lowest BCUT2D eigenvalue weighted by Crippen LogP contribution is -2.15. The van der Waals surface area contributed by atoms with E-state index in [1.54, 1.807) is 0 Å². The van der Waals surface area contributed by atoms with E-state index in [4.69, 9.17) is 0 Å². The third kappa shape index (κ3) is 20.2. The Morgan fingerprint density at radius 2 is 1.04 bits per heavy atom. The van der Waals surface area contributed by atoms with Crippen molar-refractivity contribution in [2.24, 2.45) is 0 Å². The monoisotopic (exact) mass is 368 g/mol. The number of rotatable bonds is 22. The van der Waals surface area contributed by atoms with Crippen LogP contribution in [0.2, 0.25) is 0 Å². The van der Waals surface area contributed by atoms with E-state index in [1.807, 2.05) is 5.92 Å². The molecule has 0 aliphatic heterocycles. The van der Waals surface area contributed by atoms with Crippen molar-refractivity contribution in [3.8, 4) is 0 Å². The molecule has 0 spiro atoms. The summed E-state index contributed by atoms with van der Waals surface area (Å²) in [5.41, 5.74) is 0. The molecule has 0 aliphatic rings. The van der Waals surface area contributed by atoms with E-state index >= 15 is 0 Å². The first-order chi connectivity index (χ1) is 12.8. The molecular formula is C23H50N3. The van der Waals surface area contributed by atoms with Gasteiger partial charge in [-0.15, -0.1) is 0 Å². The van der Waals surface area contributed by atoms with Crippen LogP contribution in [0.5, 0.6) is 0 Å². The molecule has 0 aromatic rings. The molecule has 0 rings (SSSR count). The molecule has 0 amide bonds. The maximum Gasteiger partial charge on any atom is -0.00489 e. The molecule has 0 aromatic carbocycles. The van der Waals surface area contributed by atoms with Crippen molar-refractivity contribution in [2.75, 3.05) is 39.8 Å². The zero-order valence-electron chi connectivity index (χ0n) is 18.4. The molecule has 3 heteroatoms. The Bertz CT molecular complexity index is 230. The number of nitrogens with one attached hydrogen (secondary N) is 3. The number of unbranched alkanes of at least 4 members (excludes halogenated alkanes) is 7. The van der Waals surface area contributed by atoms with Crippen LogP contribution in [0.4, 0.5) is 0 Å². The Morgan fingerprint density at radius 1 is 0.538 bits per heavy atom. The molecular weight excluding hydrogens is 318 g/mol. The molecule has 0 heterocycles. The van der Waals surface area contributed by atoms with Crippen LogP contribution in [-0.4, -0.2) is 39.8 Å². The Balaban J connectivity index is 3.77. The maximum absolute atomic E-state index is 3.52. The molecule has 0 fully saturated rings. The Kier molecular flexibility index (Phi) is 22.8. The number of hydrogen-bond donors (Lipinski definition) is 3. The SMILES string of the molecule is CCCNCCCCC[C](CCCCCCNC)CCCCCNCC. The standard InChI is InChI=1S/C23H50N3/c1-4-19-26-22-15-9-12-18-23(16-10-6-7-13-20-24-3)17-11-8-14-21-25-5-2/h24-26H,4-22H2,1-3H3. The fourth-order valence-corrected chi connectivity index (χ4v) is 3.49. The molecule has 3 nitrogen and oxygen atoms in total. The highest BCUT2D eigenvalue weighted by Gasteiger charge is 2.09. The second-order valence-electron chi connectivity index (χ2n) is 7.74. The molecule has 3 N–H and O–H groups in total. The maximum atomic E-state index is 3.52. The van der Waals surface area contributed by atoms with E-state index in [9.17, 15) is 0 Å². The zero-order chi connectivity index (χ0) is 19.1.